The number of pyridine rings is 1. The SMILES string of the molecule is CO[C@@H]1CN(C2CCN(C(=O)c3cnc4ccccc4c3)CC2)CC[C@@H]1Cc1ccc(Cl)c(Cl)c1. The molecule has 0 radical (unpaired) electrons. The second kappa shape index (κ2) is 10.8. The number of likely N-dealkylation sites (tertiary alicyclic amines) is 2. The first-order valence-electron chi connectivity index (χ1n) is 12.4. The minimum Gasteiger partial charge on any atom is -0.380 e. The van der Waals surface area contributed by atoms with Crippen LogP contribution in [0.1, 0.15) is 35.2 Å². The summed E-state index contributed by atoms with van der Waals surface area (Å²) in [4.78, 5) is 22.1. The second-order valence-electron chi connectivity index (χ2n) is 9.71. The first-order valence-corrected chi connectivity index (χ1v) is 13.1. The van der Waals surface area contributed by atoms with E-state index < -0.39 is 0 Å². The number of ether oxygens (including phenoxy) is 1. The number of hydrogen-bond acceptors (Lipinski definition) is 4. The van der Waals surface area contributed by atoms with Gasteiger partial charge in [0.15, 0.2) is 0 Å². The van der Waals surface area contributed by atoms with Crippen molar-refractivity contribution < 1.29 is 9.53 Å². The first-order chi connectivity index (χ1) is 17.0. The van der Waals surface area contributed by atoms with Crippen molar-refractivity contribution in [1.29, 1.82) is 0 Å². The van der Waals surface area contributed by atoms with Gasteiger partial charge in [0, 0.05) is 44.4 Å². The van der Waals surface area contributed by atoms with Gasteiger partial charge >= 0.3 is 0 Å². The van der Waals surface area contributed by atoms with Gasteiger partial charge in [-0.3, -0.25) is 14.7 Å². The predicted molar refractivity (Wildman–Crippen MR) is 141 cm³/mol. The van der Waals surface area contributed by atoms with E-state index in [1.807, 2.05) is 54.5 Å². The van der Waals surface area contributed by atoms with Crippen molar-refractivity contribution in [2.24, 2.45) is 5.92 Å². The molecule has 1 amide bonds. The van der Waals surface area contributed by atoms with Gasteiger partial charge in [0.25, 0.3) is 5.91 Å². The molecule has 2 fully saturated rings. The van der Waals surface area contributed by atoms with E-state index in [4.69, 9.17) is 27.9 Å². The predicted octanol–water partition coefficient (Wildman–Crippen LogP) is 5.73. The number of rotatable bonds is 5. The number of para-hydroxylation sites is 1. The number of aromatic nitrogens is 1. The summed E-state index contributed by atoms with van der Waals surface area (Å²) >= 11 is 12.3. The van der Waals surface area contributed by atoms with Gasteiger partial charge < -0.3 is 9.64 Å². The third-order valence-electron chi connectivity index (χ3n) is 7.62. The molecule has 0 N–H and O–H groups in total. The molecule has 2 aromatic carbocycles. The topological polar surface area (TPSA) is 45.7 Å². The number of hydrogen-bond donors (Lipinski definition) is 0. The molecule has 0 saturated carbocycles. The highest BCUT2D eigenvalue weighted by Crippen LogP contribution is 2.30. The number of amides is 1. The fourth-order valence-corrected chi connectivity index (χ4v) is 5.92. The van der Waals surface area contributed by atoms with E-state index in [1.165, 1.54) is 5.56 Å². The van der Waals surface area contributed by atoms with Crippen molar-refractivity contribution in [2.75, 3.05) is 33.3 Å². The summed E-state index contributed by atoms with van der Waals surface area (Å²) in [5.41, 5.74) is 2.79. The fraction of sp³-hybridized carbons (Fsp3) is 0.429. The van der Waals surface area contributed by atoms with Gasteiger partial charge in [0.2, 0.25) is 0 Å². The zero-order valence-electron chi connectivity index (χ0n) is 20.0. The average Bonchev–Trinajstić information content (AvgIpc) is 2.90. The van der Waals surface area contributed by atoms with Crippen molar-refractivity contribution in [1.82, 2.24) is 14.8 Å². The number of piperidine rings is 2. The van der Waals surface area contributed by atoms with Crippen molar-refractivity contribution >= 4 is 40.0 Å². The molecule has 2 aliphatic rings. The number of carbonyl (C=O) groups excluding carboxylic acids is 1. The van der Waals surface area contributed by atoms with E-state index >= 15 is 0 Å². The second-order valence-corrected chi connectivity index (χ2v) is 10.5. The van der Waals surface area contributed by atoms with Crippen LogP contribution in [0.3, 0.4) is 0 Å². The van der Waals surface area contributed by atoms with Crippen LogP contribution >= 0.6 is 23.2 Å². The molecule has 1 aromatic heterocycles. The maximum Gasteiger partial charge on any atom is 0.255 e. The molecule has 3 heterocycles. The number of benzene rings is 2. The Morgan fingerprint density at radius 3 is 2.60 bits per heavy atom. The van der Waals surface area contributed by atoms with Crippen LogP contribution in [-0.2, 0) is 11.2 Å². The molecule has 184 valence electrons. The van der Waals surface area contributed by atoms with Crippen molar-refractivity contribution in [2.45, 2.75) is 37.8 Å². The number of fused-ring (bicyclic) bond motifs is 1. The highest BCUT2D eigenvalue weighted by Gasteiger charge is 2.35. The number of halogens is 2. The van der Waals surface area contributed by atoms with E-state index in [-0.39, 0.29) is 12.0 Å². The Hall–Kier alpha value is -2.18. The summed E-state index contributed by atoms with van der Waals surface area (Å²) in [5.74, 6) is 0.535. The maximum absolute atomic E-state index is 13.1. The molecular weight excluding hydrogens is 481 g/mol. The minimum atomic E-state index is 0.0804. The lowest BCUT2D eigenvalue weighted by molar-refractivity contribution is -0.0325. The first kappa shape index (κ1) is 24.5. The lowest BCUT2D eigenvalue weighted by Crippen LogP contribution is -2.53. The van der Waals surface area contributed by atoms with Crippen LogP contribution in [0.2, 0.25) is 10.0 Å². The van der Waals surface area contributed by atoms with Gasteiger partial charge in [-0.05, 0) is 68.0 Å². The molecule has 2 saturated heterocycles. The molecule has 0 bridgehead atoms. The molecule has 2 aliphatic heterocycles. The van der Waals surface area contributed by atoms with E-state index in [9.17, 15) is 4.79 Å². The van der Waals surface area contributed by atoms with Gasteiger partial charge in [-0.2, -0.15) is 0 Å². The van der Waals surface area contributed by atoms with Crippen LogP contribution in [0.15, 0.2) is 54.7 Å². The molecule has 0 aliphatic carbocycles. The summed E-state index contributed by atoms with van der Waals surface area (Å²) in [6.07, 6.45) is 5.89. The standard InChI is InChI=1S/C28H31Cl2N3O2/c1-35-27-18-33(11-8-21(27)14-19-6-7-24(29)25(30)15-19)23-9-12-32(13-10-23)28(34)22-16-20-4-2-3-5-26(20)31-17-22/h2-7,15-17,21,23,27H,8-14,18H2,1H3/t21-,27-/m1/s1. The van der Waals surface area contributed by atoms with Gasteiger partial charge in [-0.15, -0.1) is 0 Å². The number of nitrogens with zero attached hydrogens (tertiary/aromatic N) is 3. The van der Waals surface area contributed by atoms with E-state index in [0.717, 1.165) is 62.8 Å². The van der Waals surface area contributed by atoms with E-state index in [1.54, 1.807) is 6.20 Å². The quantitative estimate of drug-likeness (QED) is 0.439. The fourth-order valence-electron chi connectivity index (χ4n) is 5.60. The zero-order chi connectivity index (χ0) is 24.4. The van der Waals surface area contributed by atoms with E-state index in [0.29, 0.717) is 27.6 Å². The lowest BCUT2D eigenvalue weighted by Gasteiger charge is -2.44. The third-order valence-corrected chi connectivity index (χ3v) is 8.36. The minimum absolute atomic E-state index is 0.0804. The van der Waals surface area contributed by atoms with Gasteiger partial charge in [0.05, 0.1) is 27.2 Å². The molecule has 0 spiro atoms. The van der Waals surface area contributed by atoms with Crippen molar-refractivity contribution in [3.05, 3.63) is 75.9 Å². The Balaban J connectivity index is 1.16. The lowest BCUT2D eigenvalue weighted by atomic mass is 9.86. The maximum atomic E-state index is 13.1. The van der Waals surface area contributed by atoms with Crippen LogP contribution < -0.4 is 0 Å². The zero-order valence-corrected chi connectivity index (χ0v) is 21.5. The van der Waals surface area contributed by atoms with Crippen LogP contribution in [0.25, 0.3) is 10.9 Å². The molecule has 3 aromatic rings. The van der Waals surface area contributed by atoms with E-state index in [2.05, 4.69) is 16.0 Å². The summed E-state index contributed by atoms with van der Waals surface area (Å²) in [6, 6.07) is 16.3. The largest absolute Gasteiger partial charge is 0.380 e. The molecule has 7 heteroatoms. The number of carbonyl (C=O) groups is 1. The normalized spacial score (nSPS) is 22.0. The molecule has 5 rings (SSSR count). The van der Waals surface area contributed by atoms with Gasteiger partial charge in [0.1, 0.15) is 0 Å². The Kier molecular flexibility index (Phi) is 7.59. The van der Waals surface area contributed by atoms with Gasteiger partial charge in [-0.1, -0.05) is 47.5 Å². The van der Waals surface area contributed by atoms with Crippen LogP contribution in [0.5, 0.6) is 0 Å². The van der Waals surface area contributed by atoms with Crippen LogP contribution in [-0.4, -0.2) is 66.1 Å². The van der Waals surface area contributed by atoms with Crippen LogP contribution in [0, 0.1) is 5.92 Å². The Bertz CT molecular complexity index is 1200. The molecule has 0 unspecified atom stereocenters. The smallest absolute Gasteiger partial charge is 0.255 e. The molecule has 35 heavy (non-hydrogen) atoms. The molecule has 5 nitrogen and oxygen atoms in total. The van der Waals surface area contributed by atoms with Crippen molar-refractivity contribution in [3.63, 3.8) is 0 Å². The summed E-state index contributed by atoms with van der Waals surface area (Å²) in [6.45, 7) is 3.53. The molecule has 2 atom stereocenters. The monoisotopic (exact) mass is 511 g/mol. The average molecular weight is 512 g/mol. The Morgan fingerprint density at radius 1 is 1.03 bits per heavy atom. The summed E-state index contributed by atoms with van der Waals surface area (Å²) in [7, 11) is 1.81. The third kappa shape index (κ3) is 5.49. The number of methoxy groups -OCH3 is 1. The Labute approximate surface area is 217 Å². The van der Waals surface area contributed by atoms with Crippen molar-refractivity contribution in [3.8, 4) is 0 Å². The van der Waals surface area contributed by atoms with Crippen LogP contribution in [0.4, 0.5) is 0 Å². The summed E-state index contributed by atoms with van der Waals surface area (Å²) in [5, 5.41) is 2.20. The van der Waals surface area contributed by atoms with Gasteiger partial charge in [-0.25, -0.2) is 0 Å². The highest BCUT2D eigenvalue weighted by atomic mass is 35.5. The summed E-state index contributed by atoms with van der Waals surface area (Å²) < 4.78 is 5.93. The Morgan fingerprint density at radius 2 is 1.83 bits per heavy atom. The highest BCUT2D eigenvalue weighted by molar-refractivity contribution is 6.42. The molecular formula is C28H31Cl2N3O2.